The van der Waals surface area contributed by atoms with Crippen molar-refractivity contribution >= 4 is 0 Å². The summed E-state index contributed by atoms with van der Waals surface area (Å²) in [5.74, 6) is -0.0416. The zero-order valence-corrected chi connectivity index (χ0v) is 11.4. The van der Waals surface area contributed by atoms with Crippen LogP contribution in [0.1, 0.15) is 24.3 Å². The fourth-order valence-electron chi connectivity index (χ4n) is 1.85. The molecule has 0 saturated heterocycles. The van der Waals surface area contributed by atoms with E-state index in [1.54, 1.807) is 0 Å². The predicted octanol–water partition coefficient (Wildman–Crippen LogP) is 2.23. The van der Waals surface area contributed by atoms with Crippen molar-refractivity contribution in [3.63, 3.8) is 0 Å². The molecule has 1 aromatic carbocycles. The third kappa shape index (κ3) is 5.81. The number of benzene rings is 1. The lowest BCUT2D eigenvalue weighted by Crippen LogP contribution is -2.23. The monoisotopic (exact) mass is 245 g/mol. The molecule has 0 aliphatic carbocycles. The molecule has 1 atom stereocenters. The molecule has 0 amide bonds. The summed E-state index contributed by atoms with van der Waals surface area (Å²) in [5.41, 5.74) is 1.10. The fraction of sp³-hybridized carbons (Fsp3) is 0.533. The highest BCUT2D eigenvalue weighted by Gasteiger charge is 2.08. The summed E-state index contributed by atoms with van der Waals surface area (Å²) in [6, 6.07) is 12.3. The molecule has 18 heavy (non-hydrogen) atoms. The minimum atomic E-state index is -0.0416. The van der Waals surface area contributed by atoms with Crippen molar-refractivity contribution in [2.75, 3.05) is 33.7 Å². The van der Waals surface area contributed by atoms with Gasteiger partial charge in [-0.3, -0.25) is 0 Å². The molecular weight excluding hydrogens is 222 g/mol. The number of nitrogens with zero attached hydrogens (tertiary/aromatic N) is 2. The highest BCUT2D eigenvalue weighted by Crippen LogP contribution is 2.12. The van der Waals surface area contributed by atoms with Gasteiger partial charge in [0.25, 0.3) is 0 Å². The van der Waals surface area contributed by atoms with Crippen LogP contribution in [0, 0.1) is 11.3 Å². The zero-order valence-electron chi connectivity index (χ0n) is 11.4. The number of hydrogen-bond acceptors (Lipinski definition) is 3. The summed E-state index contributed by atoms with van der Waals surface area (Å²) in [5, 5.41) is 12.5. The van der Waals surface area contributed by atoms with Crippen molar-refractivity contribution < 1.29 is 0 Å². The lowest BCUT2D eigenvalue weighted by atomic mass is 10.0. The van der Waals surface area contributed by atoms with Gasteiger partial charge in [0.05, 0.1) is 12.0 Å². The molecule has 0 heterocycles. The van der Waals surface area contributed by atoms with Gasteiger partial charge < -0.3 is 10.2 Å². The van der Waals surface area contributed by atoms with E-state index in [9.17, 15) is 0 Å². The lowest BCUT2D eigenvalue weighted by molar-refractivity contribution is 0.391. The Labute approximate surface area is 110 Å². The zero-order chi connectivity index (χ0) is 13.2. The summed E-state index contributed by atoms with van der Waals surface area (Å²) < 4.78 is 0. The number of nitriles is 1. The summed E-state index contributed by atoms with van der Waals surface area (Å²) in [4.78, 5) is 2.20. The Hall–Kier alpha value is -1.37. The molecule has 0 aliphatic heterocycles. The van der Waals surface area contributed by atoms with Crippen LogP contribution in [-0.4, -0.2) is 38.6 Å². The Morgan fingerprint density at radius 3 is 2.56 bits per heavy atom. The summed E-state index contributed by atoms with van der Waals surface area (Å²) in [7, 11) is 4.18. The van der Waals surface area contributed by atoms with Crippen molar-refractivity contribution in [1.29, 1.82) is 5.26 Å². The van der Waals surface area contributed by atoms with Crippen LogP contribution in [-0.2, 0) is 0 Å². The first-order chi connectivity index (χ1) is 8.74. The van der Waals surface area contributed by atoms with E-state index in [4.69, 9.17) is 5.26 Å². The Bertz CT molecular complexity index is 354. The first-order valence-electron chi connectivity index (χ1n) is 6.54. The van der Waals surface area contributed by atoms with Crippen molar-refractivity contribution in [2.24, 2.45) is 0 Å². The van der Waals surface area contributed by atoms with E-state index in [-0.39, 0.29) is 5.92 Å². The maximum absolute atomic E-state index is 9.16. The van der Waals surface area contributed by atoms with Gasteiger partial charge in [0.1, 0.15) is 0 Å². The second-order valence-corrected chi connectivity index (χ2v) is 4.81. The van der Waals surface area contributed by atoms with Crippen LogP contribution in [0.4, 0.5) is 0 Å². The van der Waals surface area contributed by atoms with Crippen molar-refractivity contribution in [3.8, 4) is 6.07 Å². The smallest absolute Gasteiger partial charge is 0.0837 e. The van der Waals surface area contributed by atoms with E-state index in [0.29, 0.717) is 0 Å². The summed E-state index contributed by atoms with van der Waals surface area (Å²) in [6.45, 7) is 2.85. The van der Waals surface area contributed by atoms with Crippen LogP contribution in [0.3, 0.4) is 0 Å². The molecule has 1 aromatic rings. The molecular formula is C15H23N3. The highest BCUT2D eigenvalue weighted by atomic mass is 15.0. The number of rotatable bonds is 8. The van der Waals surface area contributed by atoms with E-state index in [0.717, 1.165) is 31.6 Å². The van der Waals surface area contributed by atoms with Crippen molar-refractivity contribution in [2.45, 2.75) is 18.8 Å². The van der Waals surface area contributed by atoms with Gasteiger partial charge in [0.2, 0.25) is 0 Å². The minimum absolute atomic E-state index is 0.0416. The van der Waals surface area contributed by atoms with Crippen molar-refractivity contribution in [3.05, 3.63) is 35.9 Å². The van der Waals surface area contributed by atoms with Crippen LogP contribution in [0.15, 0.2) is 30.3 Å². The van der Waals surface area contributed by atoms with Crippen LogP contribution < -0.4 is 5.32 Å². The first kappa shape index (κ1) is 14.7. The molecule has 0 aliphatic rings. The van der Waals surface area contributed by atoms with Crippen LogP contribution in [0.2, 0.25) is 0 Å². The molecule has 3 heteroatoms. The molecule has 0 bridgehead atoms. The van der Waals surface area contributed by atoms with Gasteiger partial charge in [0.15, 0.2) is 0 Å². The molecule has 1 N–H and O–H groups in total. The molecule has 1 rings (SSSR count). The predicted molar refractivity (Wildman–Crippen MR) is 75.5 cm³/mol. The van der Waals surface area contributed by atoms with Crippen molar-refractivity contribution in [1.82, 2.24) is 10.2 Å². The van der Waals surface area contributed by atoms with E-state index >= 15 is 0 Å². The second kappa shape index (κ2) is 8.68. The summed E-state index contributed by atoms with van der Waals surface area (Å²) in [6.07, 6.45) is 2.35. The third-order valence-corrected chi connectivity index (χ3v) is 2.92. The van der Waals surface area contributed by atoms with Crippen LogP contribution >= 0.6 is 0 Å². The molecule has 0 aromatic heterocycles. The van der Waals surface area contributed by atoms with E-state index in [1.165, 1.54) is 6.42 Å². The average molecular weight is 245 g/mol. The van der Waals surface area contributed by atoms with Gasteiger partial charge in [0, 0.05) is 6.54 Å². The molecule has 1 unspecified atom stereocenters. The first-order valence-corrected chi connectivity index (χ1v) is 6.54. The molecule has 0 fully saturated rings. The number of nitrogens with one attached hydrogen (secondary N) is 1. The second-order valence-electron chi connectivity index (χ2n) is 4.81. The highest BCUT2D eigenvalue weighted by molar-refractivity contribution is 5.24. The third-order valence-electron chi connectivity index (χ3n) is 2.92. The number of hydrogen-bond donors (Lipinski definition) is 1. The summed E-state index contributed by atoms with van der Waals surface area (Å²) >= 11 is 0. The SMILES string of the molecule is CN(C)CCCCNCC(C#N)c1ccccc1. The largest absolute Gasteiger partial charge is 0.315 e. The van der Waals surface area contributed by atoms with Gasteiger partial charge in [-0.15, -0.1) is 0 Å². The molecule has 98 valence electrons. The Morgan fingerprint density at radius 2 is 1.94 bits per heavy atom. The van der Waals surface area contributed by atoms with E-state index in [1.807, 2.05) is 30.3 Å². The van der Waals surface area contributed by atoms with Gasteiger partial charge >= 0.3 is 0 Å². The Morgan fingerprint density at radius 1 is 1.22 bits per heavy atom. The molecule has 3 nitrogen and oxygen atoms in total. The maximum atomic E-state index is 9.16. The Kier molecular flexibility index (Phi) is 7.09. The quantitative estimate of drug-likeness (QED) is 0.714. The standard InChI is InChI=1S/C15H23N3/c1-18(2)11-7-6-10-17-13-15(12-16)14-8-4-3-5-9-14/h3-5,8-9,15,17H,6-7,10-11,13H2,1-2H3. The minimum Gasteiger partial charge on any atom is -0.315 e. The molecule has 0 saturated carbocycles. The normalized spacial score (nSPS) is 12.3. The topological polar surface area (TPSA) is 39.1 Å². The molecule has 0 spiro atoms. The van der Waals surface area contributed by atoms with E-state index in [2.05, 4.69) is 30.4 Å². The van der Waals surface area contributed by atoms with Gasteiger partial charge in [-0.05, 0) is 45.6 Å². The number of unbranched alkanes of at least 4 members (excludes halogenated alkanes) is 1. The average Bonchev–Trinajstić information content (AvgIpc) is 2.38. The fourth-order valence-corrected chi connectivity index (χ4v) is 1.85. The van der Waals surface area contributed by atoms with E-state index < -0.39 is 0 Å². The van der Waals surface area contributed by atoms with Crippen LogP contribution in [0.5, 0.6) is 0 Å². The van der Waals surface area contributed by atoms with Gasteiger partial charge in [-0.2, -0.15) is 5.26 Å². The van der Waals surface area contributed by atoms with Crippen LogP contribution in [0.25, 0.3) is 0 Å². The maximum Gasteiger partial charge on any atom is 0.0837 e. The lowest BCUT2D eigenvalue weighted by Gasteiger charge is -2.12. The van der Waals surface area contributed by atoms with Gasteiger partial charge in [-0.25, -0.2) is 0 Å². The molecule has 0 radical (unpaired) electrons. The Balaban J connectivity index is 2.20. The van der Waals surface area contributed by atoms with Gasteiger partial charge in [-0.1, -0.05) is 30.3 Å².